The smallest absolute Gasteiger partial charge is 0.319 e. The van der Waals surface area contributed by atoms with E-state index < -0.39 is 11.9 Å². The molecule has 9 heteroatoms. The maximum absolute atomic E-state index is 11.7. The van der Waals surface area contributed by atoms with Gasteiger partial charge in [0.25, 0.3) is 5.91 Å². The van der Waals surface area contributed by atoms with Gasteiger partial charge in [0.2, 0.25) is 0 Å². The summed E-state index contributed by atoms with van der Waals surface area (Å²) >= 11 is 12.0. The quantitative estimate of drug-likeness (QED) is 0.547. The molecule has 28 heavy (non-hydrogen) atoms. The van der Waals surface area contributed by atoms with Crippen LogP contribution in [0.2, 0.25) is 10.0 Å². The lowest BCUT2D eigenvalue weighted by molar-refractivity contribution is -0.115. The van der Waals surface area contributed by atoms with Crippen LogP contribution in [0.25, 0.3) is 6.08 Å². The van der Waals surface area contributed by atoms with E-state index in [0.29, 0.717) is 27.1 Å². The summed E-state index contributed by atoms with van der Waals surface area (Å²) in [6.07, 6.45) is 1.29. The molecule has 0 spiro atoms. The van der Waals surface area contributed by atoms with Crippen LogP contribution in [-0.2, 0) is 11.4 Å². The van der Waals surface area contributed by atoms with Crippen molar-refractivity contribution >= 4 is 41.2 Å². The number of nitrogens with two attached hydrogens (primary N) is 1. The van der Waals surface area contributed by atoms with Gasteiger partial charge in [-0.3, -0.25) is 10.1 Å². The van der Waals surface area contributed by atoms with Gasteiger partial charge >= 0.3 is 6.03 Å². The SMILES string of the molecule is COc1cc(/C=C(/C#N)C(=O)NC(N)=O)ccc1OCc1ccc(Cl)cc1Cl. The van der Waals surface area contributed by atoms with Gasteiger partial charge in [0.1, 0.15) is 18.2 Å². The largest absolute Gasteiger partial charge is 0.493 e. The van der Waals surface area contributed by atoms with Crippen molar-refractivity contribution in [1.82, 2.24) is 5.32 Å². The van der Waals surface area contributed by atoms with Crippen LogP contribution < -0.4 is 20.5 Å². The van der Waals surface area contributed by atoms with Gasteiger partial charge < -0.3 is 15.2 Å². The fourth-order valence-corrected chi connectivity index (χ4v) is 2.64. The van der Waals surface area contributed by atoms with Crippen LogP contribution in [0.3, 0.4) is 0 Å². The minimum atomic E-state index is -1.05. The first-order chi connectivity index (χ1) is 13.3. The summed E-state index contributed by atoms with van der Waals surface area (Å²) in [5, 5.41) is 11.9. The van der Waals surface area contributed by atoms with E-state index in [-0.39, 0.29) is 12.2 Å². The monoisotopic (exact) mass is 419 g/mol. The Hall–Kier alpha value is -3.21. The van der Waals surface area contributed by atoms with Crippen LogP contribution in [0, 0.1) is 11.3 Å². The average Bonchev–Trinajstić information content (AvgIpc) is 2.65. The highest BCUT2D eigenvalue weighted by atomic mass is 35.5. The number of methoxy groups -OCH3 is 1. The molecule has 3 N–H and O–H groups in total. The summed E-state index contributed by atoms with van der Waals surface area (Å²) in [4.78, 5) is 22.5. The van der Waals surface area contributed by atoms with Crippen molar-refractivity contribution in [3.05, 3.63) is 63.1 Å². The lowest BCUT2D eigenvalue weighted by Gasteiger charge is -2.12. The number of benzene rings is 2. The molecule has 3 amide bonds. The van der Waals surface area contributed by atoms with Crippen molar-refractivity contribution in [2.75, 3.05) is 7.11 Å². The molecule has 2 rings (SSSR count). The fraction of sp³-hybridized carbons (Fsp3) is 0.105. The number of rotatable bonds is 6. The first kappa shape index (κ1) is 21.1. The number of primary amides is 1. The number of nitrogens with one attached hydrogen (secondary N) is 1. The number of hydrogen-bond donors (Lipinski definition) is 2. The summed E-state index contributed by atoms with van der Waals surface area (Å²) in [5.41, 5.74) is 5.83. The second-order valence-electron chi connectivity index (χ2n) is 5.42. The summed E-state index contributed by atoms with van der Waals surface area (Å²) in [7, 11) is 1.45. The van der Waals surface area contributed by atoms with E-state index in [0.717, 1.165) is 5.56 Å². The summed E-state index contributed by atoms with van der Waals surface area (Å²) < 4.78 is 11.0. The molecule has 0 aliphatic rings. The molecule has 0 unspecified atom stereocenters. The van der Waals surface area contributed by atoms with Crippen molar-refractivity contribution in [3.63, 3.8) is 0 Å². The standard InChI is InChI=1S/C19H15Cl2N3O4/c1-27-17-7-11(6-13(9-22)18(25)24-19(23)26)2-5-16(17)28-10-12-3-4-14(20)8-15(12)21/h2-8H,10H2,1H3,(H3,23,24,25,26)/b13-6-. The van der Waals surface area contributed by atoms with Crippen molar-refractivity contribution in [1.29, 1.82) is 5.26 Å². The molecule has 0 aliphatic heterocycles. The molecule has 0 atom stereocenters. The molecule has 2 aromatic carbocycles. The Bertz CT molecular complexity index is 984. The third kappa shape index (κ3) is 5.64. The fourth-order valence-electron chi connectivity index (χ4n) is 2.18. The second kappa shape index (κ2) is 9.65. The Morgan fingerprint density at radius 3 is 2.57 bits per heavy atom. The topological polar surface area (TPSA) is 114 Å². The number of nitriles is 1. The number of ether oxygens (including phenoxy) is 2. The van der Waals surface area contributed by atoms with E-state index >= 15 is 0 Å². The van der Waals surface area contributed by atoms with Gasteiger partial charge in [0.05, 0.1) is 7.11 Å². The number of nitrogens with zero attached hydrogens (tertiary/aromatic N) is 1. The normalized spacial score (nSPS) is 10.7. The van der Waals surface area contributed by atoms with Crippen LogP contribution in [0.4, 0.5) is 4.79 Å². The van der Waals surface area contributed by atoms with E-state index in [1.54, 1.807) is 42.5 Å². The number of halogens is 2. The van der Waals surface area contributed by atoms with Gasteiger partial charge in [0, 0.05) is 15.6 Å². The molecular formula is C19H15Cl2N3O4. The number of carbonyl (C=O) groups is 2. The molecule has 0 bridgehead atoms. The Kier molecular flexibility index (Phi) is 7.27. The third-order valence-corrected chi connectivity index (χ3v) is 4.09. The highest BCUT2D eigenvalue weighted by molar-refractivity contribution is 6.35. The summed E-state index contributed by atoms with van der Waals surface area (Å²) in [6.45, 7) is 0.187. The highest BCUT2D eigenvalue weighted by Gasteiger charge is 2.12. The van der Waals surface area contributed by atoms with E-state index in [1.807, 2.05) is 5.32 Å². The summed E-state index contributed by atoms with van der Waals surface area (Å²) in [5.74, 6) is -0.0797. The Labute approximate surface area is 171 Å². The minimum absolute atomic E-state index is 0.187. The van der Waals surface area contributed by atoms with Crippen molar-refractivity contribution in [3.8, 4) is 17.6 Å². The Morgan fingerprint density at radius 1 is 1.21 bits per heavy atom. The van der Waals surface area contributed by atoms with E-state index in [4.69, 9.17) is 43.7 Å². The second-order valence-corrected chi connectivity index (χ2v) is 6.27. The molecule has 0 fully saturated rings. The maximum Gasteiger partial charge on any atom is 0.319 e. The number of carbonyl (C=O) groups excluding carboxylic acids is 2. The molecule has 0 aromatic heterocycles. The molecule has 2 aromatic rings. The zero-order valence-corrected chi connectivity index (χ0v) is 16.2. The zero-order chi connectivity index (χ0) is 20.7. The number of urea groups is 1. The van der Waals surface area contributed by atoms with Crippen LogP contribution >= 0.6 is 23.2 Å². The van der Waals surface area contributed by atoms with Crippen molar-refractivity contribution in [2.24, 2.45) is 5.73 Å². The van der Waals surface area contributed by atoms with Crippen LogP contribution in [0.5, 0.6) is 11.5 Å². The van der Waals surface area contributed by atoms with Gasteiger partial charge in [-0.05, 0) is 35.9 Å². The van der Waals surface area contributed by atoms with E-state index in [9.17, 15) is 9.59 Å². The molecule has 0 aliphatic carbocycles. The van der Waals surface area contributed by atoms with E-state index in [1.165, 1.54) is 13.2 Å². The van der Waals surface area contributed by atoms with Gasteiger partial charge in [0.15, 0.2) is 11.5 Å². The average molecular weight is 420 g/mol. The first-order valence-electron chi connectivity index (χ1n) is 7.81. The predicted molar refractivity (Wildman–Crippen MR) is 105 cm³/mol. The number of imide groups is 1. The van der Waals surface area contributed by atoms with Crippen molar-refractivity contribution < 1.29 is 19.1 Å². The molecule has 144 valence electrons. The van der Waals surface area contributed by atoms with Gasteiger partial charge in [-0.1, -0.05) is 35.3 Å². The Balaban J connectivity index is 2.21. The minimum Gasteiger partial charge on any atom is -0.493 e. The molecule has 0 radical (unpaired) electrons. The predicted octanol–water partition coefficient (Wildman–Crippen LogP) is 3.68. The third-order valence-electron chi connectivity index (χ3n) is 3.50. The van der Waals surface area contributed by atoms with Crippen molar-refractivity contribution in [2.45, 2.75) is 6.61 Å². The Morgan fingerprint density at radius 2 is 1.96 bits per heavy atom. The van der Waals surface area contributed by atoms with Crippen LogP contribution in [0.1, 0.15) is 11.1 Å². The summed E-state index contributed by atoms with van der Waals surface area (Å²) in [6, 6.07) is 10.6. The van der Waals surface area contributed by atoms with Gasteiger partial charge in [-0.25, -0.2) is 4.79 Å². The lowest BCUT2D eigenvalue weighted by atomic mass is 10.1. The molecule has 0 saturated heterocycles. The molecule has 0 heterocycles. The highest BCUT2D eigenvalue weighted by Crippen LogP contribution is 2.30. The van der Waals surface area contributed by atoms with E-state index in [2.05, 4.69) is 0 Å². The van der Waals surface area contributed by atoms with Gasteiger partial charge in [-0.2, -0.15) is 5.26 Å². The first-order valence-corrected chi connectivity index (χ1v) is 8.57. The molecule has 0 saturated carbocycles. The maximum atomic E-state index is 11.7. The molecular weight excluding hydrogens is 405 g/mol. The number of amides is 3. The lowest BCUT2D eigenvalue weighted by Crippen LogP contribution is -2.35. The molecule has 7 nitrogen and oxygen atoms in total. The van der Waals surface area contributed by atoms with Crippen LogP contribution in [-0.4, -0.2) is 19.0 Å². The zero-order valence-electron chi connectivity index (χ0n) is 14.7. The number of hydrogen-bond acceptors (Lipinski definition) is 5. The van der Waals surface area contributed by atoms with Gasteiger partial charge in [-0.15, -0.1) is 0 Å². The van der Waals surface area contributed by atoms with Crippen LogP contribution in [0.15, 0.2) is 42.0 Å².